The van der Waals surface area contributed by atoms with Crippen LogP contribution in [0.15, 0.2) is 42.9 Å². The molecule has 2 amide bonds. The normalized spacial score (nSPS) is 11.9. The molecule has 0 aliphatic heterocycles. The Morgan fingerprint density at radius 3 is 2.67 bits per heavy atom. The van der Waals surface area contributed by atoms with Crippen molar-refractivity contribution in [2.24, 2.45) is 0 Å². The zero-order valence-electron chi connectivity index (χ0n) is 20.7. The average Bonchev–Trinajstić information content (AvgIpc) is 3.55. The van der Waals surface area contributed by atoms with Gasteiger partial charge in [-0.15, -0.1) is 10.2 Å². The van der Waals surface area contributed by atoms with Crippen LogP contribution in [0.2, 0.25) is 0 Å². The minimum Gasteiger partial charge on any atom is -0.359 e. The summed E-state index contributed by atoms with van der Waals surface area (Å²) < 4.78 is 0. The molecule has 0 radical (unpaired) electrons. The third-order valence-electron chi connectivity index (χ3n) is 6.12. The number of imidazole rings is 1. The molecule has 1 atom stereocenters. The maximum absolute atomic E-state index is 12.8. The van der Waals surface area contributed by atoms with Crippen LogP contribution < -0.4 is 10.6 Å². The van der Waals surface area contributed by atoms with E-state index in [4.69, 9.17) is 0 Å². The number of nitrogens with zero attached hydrogens (tertiary/aromatic N) is 4. The molecule has 0 saturated carbocycles. The van der Waals surface area contributed by atoms with Gasteiger partial charge in [0.2, 0.25) is 11.8 Å². The summed E-state index contributed by atoms with van der Waals surface area (Å²) in [5, 5.41) is 15.9. The number of aryl methyl sites for hydroxylation is 2. The van der Waals surface area contributed by atoms with Gasteiger partial charge in [0, 0.05) is 49.7 Å². The highest BCUT2D eigenvalue weighted by atomic mass is 16.2. The molecular formula is C26H32N8O2. The quantitative estimate of drug-likeness (QED) is 0.225. The van der Waals surface area contributed by atoms with E-state index >= 15 is 0 Å². The van der Waals surface area contributed by atoms with E-state index in [9.17, 15) is 9.59 Å². The molecular weight excluding hydrogens is 456 g/mol. The van der Waals surface area contributed by atoms with Gasteiger partial charge in [0.15, 0.2) is 0 Å². The number of amides is 2. The van der Waals surface area contributed by atoms with Crippen molar-refractivity contribution in [3.8, 4) is 11.3 Å². The van der Waals surface area contributed by atoms with Crippen LogP contribution in [0.25, 0.3) is 22.0 Å². The fourth-order valence-electron chi connectivity index (χ4n) is 4.13. The zero-order chi connectivity index (χ0) is 25.3. The number of carbonyl (C=O) groups excluding carboxylic acids is 2. The third kappa shape index (κ3) is 6.74. The summed E-state index contributed by atoms with van der Waals surface area (Å²) in [7, 11) is 1.65. The Labute approximate surface area is 209 Å². The van der Waals surface area contributed by atoms with E-state index in [-0.39, 0.29) is 17.9 Å². The smallest absolute Gasteiger partial charge is 0.221 e. The summed E-state index contributed by atoms with van der Waals surface area (Å²) >= 11 is 0. The number of benzene rings is 1. The second-order valence-corrected chi connectivity index (χ2v) is 8.87. The fraction of sp³-hybridized carbons (Fsp3) is 0.385. The van der Waals surface area contributed by atoms with E-state index < -0.39 is 0 Å². The van der Waals surface area contributed by atoms with Crippen molar-refractivity contribution in [2.45, 2.75) is 57.9 Å². The van der Waals surface area contributed by atoms with Gasteiger partial charge in [-0.1, -0.05) is 25.0 Å². The van der Waals surface area contributed by atoms with E-state index in [1.54, 1.807) is 19.4 Å². The Kier molecular flexibility index (Phi) is 8.38. The molecule has 10 nitrogen and oxygen atoms in total. The second kappa shape index (κ2) is 12.1. The van der Waals surface area contributed by atoms with E-state index in [0.717, 1.165) is 53.5 Å². The summed E-state index contributed by atoms with van der Waals surface area (Å²) in [6, 6.07) is 7.90. The molecule has 4 N–H and O–H groups in total. The number of aromatic amines is 2. The van der Waals surface area contributed by atoms with Crippen molar-refractivity contribution in [3.63, 3.8) is 0 Å². The summed E-state index contributed by atoms with van der Waals surface area (Å²) in [6.07, 6.45) is 9.99. The SMILES string of the molecule is CNC(=O)CCCCC[C@H](NC(=O)CCc1nnc(C)[nH]1)c1ncc(-c2ccc3ccncc3c2)[nH]1. The fourth-order valence-corrected chi connectivity index (χ4v) is 4.13. The maximum atomic E-state index is 12.8. The number of hydrogen-bond acceptors (Lipinski definition) is 6. The van der Waals surface area contributed by atoms with Crippen LogP contribution in [0.1, 0.15) is 62.0 Å². The Hall–Kier alpha value is -4.08. The first-order valence-corrected chi connectivity index (χ1v) is 12.3. The highest BCUT2D eigenvalue weighted by Crippen LogP contribution is 2.25. The lowest BCUT2D eigenvalue weighted by molar-refractivity contribution is -0.122. The van der Waals surface area contributed by atoms with E-state index in [2.05, 4.69) is 52.9 Å². The molecule has 188 valence electrons. The minimum absolute atomic E-state index is 0.0452. The van der Waals surface area contributed by atoms with Gasteiger partial charge in [0.25, 0.3) is 0 Å². The Morgan fingerprint density at radius 2 is 1.86 bits per heavy atom. The van der Waals surface area contributed by atoms with E-state index in [1.807, 2.05) is 25.3 Å². The number of rotatable bonds is 12. The molecule has 0 spiro atoms. The van der Waals surface area contributed by atoms with Gasteiger partial charge < -0.3 is 20.6 Å². The van der Waals surface area contributed by atoms with Gasteiger partial charge in [-0.05, 0) is 37.3 Å². The maximum Gasteiger partial charge on any atom is 0.221 e. The predicted octanol–water partition coefficient (Wildman–Crippen LogP) is 3.54. The van der Waals surface area contributed by atoms with Gasteiger partial charge in [-0.25, -0.2) is 4.98 Å². The minimum atomic E-state index is -0.259. The van der Waals surface area contributed by atoms with Crippen LogP contribution in [-0.2, 0) is 16.0 Å². The van der Waals surface area contributed by atoms with E-state index in [1.165, 1.54) is 0 Å². The van der Waals surface area contributed by atoms with Gasteiger partial charge in [0.1, 0.15) is 17.5 Å². The molecule has 4 rings (SSSR count). The van der Waals surface area contributed by atoms with Gasteiger partial charge in [-0.2, -0.15) is 0 Å². The van der Waals surface area contributed by atoms with E-state index in [0.29, 0.717) is 30.9 Å². The lowest BCUT2D eigenvalue weighted by Gasteiger charge is -2.17. The van der Waals surface area contributed by atoms with Crippen LogP contribution in [-0.4, -0.2) is 49.0 Å². The number of nitrogens with one attached hydrogen (secondary N) is 4. The molecule has 0 fully saturated rings. The molecule has 4 aromatic rings. The molecule has 3 heterocycles. The summed E-state index contributed by atoms with van der Waals surface area (Å²) in [5.41, 5.74) is 1.89. The molecule has 3 aromatic heterocycles. The van der Waals surface area contributed by atoms with Gasteiger partial charge in [-0.3, -0.25) is 14.6 Å². The molecule has 0 unspecified atom stereocenters. The number of aromatic nitrogens is 6. The first-order chi connectivity index (χ1) is 17.5. The van der Waals surface area contributed by atoms with Crippen LogP contribution >= 0.6 is 0 Å². The molecule has 0 aliphatic carbocycles. The summed E-state index contributed by atoms with van der Waals surface area (Å²) in [4.78, 5) is 39.5. The highest BCUT2D eigenvalue weighted by molar-refractivity contribution is 5.86. The molecule has 0 aliphatic rings. The number of fused-ring (bicyclic) bond motifs is 1. The lowest BCUT2D eigenvalue weighted by Crippen LogP contribution is -2.29. The van der Waals surface area contributed by atoms with Crippen molar-refractivity contribution in [1.82, 2.24) is 40.8 Å². The second-order valence-electron chi connectivity index (χ2n) is 8.87. The standard InChI is InChI=1S/C26H32N8O2/c1-17-30-23(34-33-17)10-11-25(36)31-21(6-4-3-5-7-24(35)27-2)26-29-16-22(32-26)19-9-8-18-12-13-28-15-20(18)14-19/h8-9,12-16,21H,3-7,10-11H2,1-2H3,(H,27,35)(H,29,32)(H,31,36)(H,30,33,34)/t21-/m0/s1. The molecule has 1 aromatic carbocycles. The largest absolute Gasteiger partial charge is 0.359 e. The van der Waals surface area contributed by atoms with Crippen LogP contribution in [0.4, 0.5) is 0 Å². The first-order valence-electron chi connectivity index (χ1n) is 12.3. The van der Waals surface area contributed by atoms with Crippen molar-refractivity contribution in [1.29, 1.82) is 0 Å². The zero-order valence-corrected chi connectivity index (χ0v) is 20.7. The monoisotopic (exact) mass is 488 g/mol. The predicted molar refractivity (Wildman–Crippen MR) is 137 cm³/mol. The Balaban J connectivity index is 1.43. The average molecular weight is 489 g/mol. The van der Waals surface area contributed by atoms with Gasteiger partial charge >= 0.3 is 0 Å². The Morgan fingerprint density at radius 1 is 0.972 bits per heavy atom. The highest BCUT2D eigenvalue weighted by Gasteiger charge is 2.19. The molecule has 0 saturated heterocycles. The Bertz CT molecular complexity index is 1310. The van der Waals surface area contributed by atoms with Crippen molar-refractivity contribution in [3.05, 3.63) is 60.3 Å². The number of pyridine rings is 1. The lowest BCUT2D eigenvalue weighted by atomic mass is 10.1. The third-order valence-corrected chi connectivity index (χ3v) is 6.12. The van der Waals surface area contributed by atoms with Crippen molar-refractivity contribution >= 4 is 22.6 Å². The van der Waals surface area contributed by atoms with Crippen LogP contribution in [0, 0.1) is 6.92 Å². The number of hydrogen-bond donors (Lipinski definition) is 4. The molecule has 10 heteroatoms. The van der Waals surface area contributed by atoms with Gasteiger partial charge in [0.05, 0.1) is 17.9 Å². The summed E-state index contributed by atoms with van der Waals surface area (Å²) in [5.74, 6) is 2.11. The summed E-state index contributed by atoms with van der Waals surface area (Å²) in [6.45, 7) is 1.83. The first kappa shape index (κ1) is 25.0. The molecule has 36 heavy (non-hydrogen) atoms. The number of H-pyrrole nitrogens is 2. The topological polar surface area (TPSA) is 141 Å². The number of carbonyl (C=O) groups is 2. The van der Waals surface area contributed by atoms with Crippen molar-refractivity contribution < 1.29 is 9.59 Å². The molecule has 0 bridgehead atoms. The van der Waals surface area contributed by atoms with Crippen LogP contribution in [0.5, 0.6) is 0 Å². The number of unbranched alkanes of at least 4 members (excludes halogenated alkanes) is 2. The van der Waals surface area contributed by atoms with Crippen molar-refractivity contribution in [2.75, 3.05) is 7.05 Å². The van der Waals surface area contributed by atoms with Crippen LogP contribution in [0.3, 0.4) is 0 Å².